The van der Waals surface area contributed by atoms with Crippen molar-refractivity contribution in [2.75, 3.05) is 6.61 Å². The van der Waals surface area contributed by atoms with Crippen molar-refractivity contribution in [3.8, 4) is 0 Å². The Morgan fingerprint density at radius 1 is 0.946 bits per heavy atom. The molecule has 37 heavy (non-hydrogen) atoms. The first-order valence-electron chi connectivity index (χ1n) is 15.7. The quantitative estimate of drug-likeness (QED) is 0.280. The Morgan fingerprint density at radius 2 is 1.65 bits per heavy atom. The molecular weight excluding hydrogens is 456 g/mol. The van der Waals surface area contributed by atoms with Crippen LogP contribution < -0.4 is 0 Å². The average Bonchev–Trinajstić information content (AvgIpc) is 2.80. The number of fused-ring (bicyclic) bond motifs is 7. The second-order valence-corrected chi connectivity index (χ2v) is 15.8. The van der Waals surface area contributed by atoms with E-state index < -0.39 is 0 Å². The van der Waals surface area contributed by atoms with Crippen molar-refractivity contribution >= 4 is 5.97 Å². The van der Waals surface area contributed by atoms with Gasteiger partial charge in [0.1, 0.15) is 6.10 Å². The third-order valence-electron chi connectivity index (χ3n) is 13.9. The second-order valence-electron chi connectivity index (χ2n) is 15.8. The lowest BCUT2D eigenvalue weighted by atomic mass is 9.33. The fourth-order valence-electron chi connectivity index (χ4n) is 11.6. The number of esters is 1. The van der Waals surface area contributed by atoms with E-state index in [1.54, 1.807) is 12.5 Å². The Labute approximate surface area is 227 Å². The van der Waals surface area contributed by atoms with Gasteiger partial charge in [0.25, 0.3) is 0 Å². The van der Waals surface area contributed by atoms with Gasteiger partial charge in [-0.05, 0) is 104 Å². The van der Waals surface area contributed by atoms with Crippen molar-refractivity contribution in [3.63, 3.8) is 0 Å². The molecule has 210 valence electrons. The molecule has 4 saturated carbocycles. The second kappa shape index (κ2) is 8.84. The van der Waals surface area contributed by atoms with Gasteiger partial charge >= 0.3 is 5.97 Å². The van der Waals surface area contributed by atoms with Crippen LogP contribution in [0.5, 0.6) is 0 Å². The molecule has 0 saturated heterocycles. The number of allylic oxidation sites excluding steroid dienone is 1. The van der Waals surface area contributed by atoms with E-state index in [9.17, 15) is 4.79 Å². The Morgan fingerprint density at radius 3 is 2.30 bits per heavy atom. The van der Waals surface area contributed by atoms with Crippen LogP contribution in [0.4, 0.5) is 0 Å². The predicted molar refractivity (Wildman–Crippen MR) is 151 cm³/mol. The lowest BCUT2D eigenvalue weighted by molar-refractivity contribution is -0.235. The van der Waals surface area contributed by atoms with E-state index >= 15 is 0 Å². The van der Waals surface area contributed by atoms with Crippen LogP contribution in [0.25, 0.3) is 0 Å². The standard InChI is InChI=1S/C34H56O3/c1-11-36-25-20-24-28-22(3)21(2)12-15-31(28,7)18-19-33(24,9)34(10)17-13-26-30(5,6)27(37-23(4)35)14-16-32(26,8)29(25)34/h20-22,25-29H,11-19H2,1-10H3/t21-,22+,25-,26+,27+,28+,29-,31-,32+,33-,34-/m1/s1. The largest absolute Gasteiger partial charge is 0.462 e. The molecule has 0 radical (unpaired) electrons. The summed E-state index contributed by atoms with van der Waals surface area (Å²) < 4.78 is 12.7. The summed E-state index contributed by atoms with van der Waals surface area (Å²) in [6.45, 7) is 24.9. The molecule has 0 heterocycles. The van der Waals surface area contributed by atoms with E-state index in [1.165, 1.54) is 38.5 Å². The van der Waals surface area contributed by atoms with E-state index in [1.807, 2.05) is 0 Å². The van der Waals surface area contributed by atoms with E-state index in [4.69, 9.17) is 9.47 Å². The SMILES string of the molecule is CCO[C@@H]1C=C2[C@@H]3[C@@H](C)[C@H](C)CC[C@]3(C)CC[C@@]2(C)[C@]2(C)CC[C@H]3C(C)(C)[C@@H](OC(C)=O)CC[C@]3(C)[C@@H]12. The lowest BCUT2D eigenvalue weighted by Gasteiger charge is -2.72. The number of carbonyl (C=O) groups is 1. The van der Waals surface area contributed by atoms with Crippen molar-refractivity contribution < 1.29 is 14.3 Å². The van der Waals surface area contributed by atoms with Gasteiger partial charge in [-0.2, -0.15) is 0 Å². The number of rotatable bonds is 3. The first kappa shape index (κ1) is 27.7. The highest BCUT2D eigenvalue weighted by molar-refractivity contribution is 5.66. The minimum absolute atomic E-state index is 0.0169. The molecular formula is C34H56O3. The van der Waals surface area contributed by atoms with E-state index in [0.717, 1.165) is 31.3 Å². The topological polar surface area (TPSA) is 35.5 Å². The van der Waals surface area contributed by atoms with E-state index in [0.29, 0.717) is 23.2 Å². The van der Waals surface area contributed by atoms with Gasteiger partial charge < -0.3 is 9.47 Å². The molecule has 11 atom stereocenters. The smallest absolute Gasteiger partial charge is 0.302 e. The van der Waals surface area contributed by atoms with Gasteiger partial charge in [0.05, 0.1) is 6.10 Å². The van der Waals surface area contributed by atoms with Crippen LogP contribution in [0.15, 0.2) is 11.6 Å². The van der Waals surface area contributed by atoms with Crippen molar-refractivity contribution in [1.29, 1.82) is 0 Å². The molecule has 4 fully saturated rings. The van der Waals surface area contributed by atoms with Crippen LogP contribution in [-0.4, -0.2) is 24.8 Å². The molecule has 0 spiro atoms. The molecule has 5 rings (SSSR count). The minimum Gasteiger partial charge on any atom is -0.462 e. The number of carbonyl (C=O) groups excluding carboxylic acids is 1. The van der Waals surface area contributed by atoms with Gasteiger partial charge in [0.2, 0.25) is 0 Å². The number of ether oxygens (including phenoxy) is 2. The maximum absolute atomic E-state index is 12.0. The van der Waals surface area contributed by atoms with Crippen LogP contribution in [0, 0.1) is 56.7 Å². The van der Waals surface area contributed by atoms with Crippen LogP contribution in [-0.2, 0) is 14.3 Å². The van der Waals surface area contributed by atoms with Crippen LogP contribution in [0.2, 0.25) is 0 Å². The molecule has 0 aromatic carbocycles. The molecule has 0 N–H and O–H groups in total. The average molecular weight is 513 g/mol. The highest BCUT2D eigenvalue weighted by Gasteiger charge is 2.70. The zero-order valence-electron chi connectivity index (χ0n) is 25.7. The van der Waals surface area contributed by atoms with Gasteiger partial charge in [-0.15, -0.1) is 0 Å². The molecule has 3 heteroatoms. The molecule has 5 aliphatic rings. The summed E-state index contributed by atoms with van der Waals surface area (Å²) in [4.78, 5) is 12.0. The van der Waals surface area contributed by atoms with Gasteiger partial charge in [-0.25, -0.2) is 0 Å². The molecule has 0 bridgehead atoms. The molecule has 0 aromatic heterocycles. The number of hydrogen-bond acceptors (Lipinski definition) is 3. The Hall–Kier alpha value is -0.830. The van der Waals surface area contributed by atoms with Crippen LogP contribution >= 0.6 is 0 Å². The summed E-state index contributed by atoms with van der Waals surface area (Å²) in [5.74, 6) is 3.09. The van der Waals surface area contributed by atoms with E-state index in [-0.39, 0.29) is 39.8 Å². The molecule has 0 aromatic rings. The van der Waals surface area contributed by atoms with Crippen molar-refractivity contribution in [1.82, 2.24) is 0 Å². The Balaban J connectivity index is 1.63. The summed E-state index contributed by atoms with van der Waals surface area (Å²) in [6, 6.07) is 0. The first-order chi connectivity index (χ1) is 17.2. The van der Waals surface area contributed by atoms with Crippen molar-refractivity contribution in [3.05, 3.63) is 11.6 Å². The normalized spacial score (nSPS) is 52.6. The summed E-state index contributed by atoms with van der Waals surface area (Å²) >= 11 is 0. The van der Waals surface area contributed by atoms with Gasteiger partial charge in [0, 0.05) is 24.9 Å². The first-order valence-corrected chi connectivity index (χ1v) is 15.7. The maximum atomic E-state index is 12.0. The van der Waals surface area contributed by atoms with E-state index in [2.05, 4.69) is 68.4 Å². The highest BCUT2D eigenvalue weighted by Crippen LogP contribution is 2.76. The molecule has 0 amide bonds. The molecule has 0 aliphatic heterocycles. The summed E-state index contributed by atoms with van der Waals surface area (Å²) in [5.41, 5.74) is 2.79. The zero-order chi connectivity index (χ0) is 27.2. The third kappa shape index (κ3) is 3.71. The summed E-state index contributed by atoms with van der Waals surface area (Å²) in [6.07, 6.45) is 12.9. The monoisotopic (exact) mass is 512 g/mol. The predicted octanol–water partition coefficient (Wildman–Crippen LogP) is 8.61. The highest BCUT2D eigenvalue weighted by atomic mass is 16.5. The Kier molecular flexibility index (Phi) is 6.62. The molecule has 3 nitrogen and oxygen atoms in total. The molecule has 5 aliphatic carbocycles. The Bertz CT molecular complexity index is 951. The van der Waals surface area contributed by atoms with Crippen LogP contribution in [0.1, 0.15) is 121 Å². The minimum atomic E-state index is -0.131. The van der Waals surface area contributed by atoms with Crippen LogP contribution in [0.3, 0.4) is 0 Å². The number of hydrogen-bond donors (Lipinski definition) is 0. The maximum Gasteiger partial charge on any atom is 0.302 e. The molecule has 0 unspecified atom stereocenters. The van der Waals surface area contributed by atoms with Crippen molar-refractivity contribution in [2.45, 2.75) is 133 Å². The summed E-state index contributed by atoms with van der Waals surface area (Å²) in [5, 5.41) is 0. The summed E-state index contributed by atoms with van der Waals surface area (Å²) in [7, 11) is 0. The van der Waals surface area contributed by atoms with Gasteiger partial charge in [-0.1, -0.05) is 67.0 Å². The van der Waals surface area contributed by atoms with Gasteiger partial charge in [-0.3, -0.25) is 4.79 Å². The zero-order valence-corrected chi connectivity index (χ0v) is 25.7. The lowest BCUT2D eigenvalue weighted by Crippen LogP contribution is -2.68. The third-order valence-corrected chi connectivity index (χ3v) is 13.9. The fourth-order valence-corrected chi connectivity index (χ4v) is 11.6. The fraction of sp³-hybridized carbons (Fsp3) is 0.912. The van der Waals surface area contributed by atoms with Gasteiger partial charge in [0.15, 0.2) is 0 Å². The van der Waals surface area contributed by atoms with Crippen molar-refractivity contribution in [2.24, 2.45) is 56.7 Å².